The predicted molar refractivity (Wildman–Crippen MR) is 83.7 cm³/mol. The lowest BCUT2D eigenvalue weighted by Crippen LogP contribution is -2.35. The van der Waals surface area contributed by atoms with Crippen LogP contribution in [0.5, 0.6) is 0 Å². The lowest BCUT2D eigenvalue weighted by molar-refractivity contribution is -0.305. The van der Waals surface area contributed by atoms with Crippen LogP contribution in [0.15, 0.2) is 24.3 Å². The Kier molecular flexibility index (Phi) is 6.14. The summed E-state index contributed by atoms with van der Waals surface area (Å²) in [6.45, 7) is 1.60. The Labute approximate surface area is 135 Å². The number of likely N-dealkylation sites (tertiary alicyclic amines) is 1. The van der Waals surface area contributed by atoms with E-state index >= 15 is 0 Å². The van der Waals surface area contributed by atoms with Gasteiger partial charge in [0.1, 0.15) is 0 Å². The monoisotopic (exact) mass is 317 g/mol. The van der Waals surface area contributed by atoms with Crippen molar-refractivity contribution in [1.29, 1.82) is 0 Å². The zero-order valence-electron chi connectivity index (χ0n) is 13.0. The molecule has 1 aliphatic heterocycles. The quantitative estimate of drug-likeness (QED) is 0.853. The fraction of sp³-hybridized carbons (Fsp3) is 0.471. The molecule has 0 atom stereocenters. The van der Waals surface area contributed by atoms with Crippen LogP contribution in [0.3, 0.4) is 0 Å². The predicted octanol–water partition coefficient (Wildman–Crippen LogP) is 1.17. The molecule has 2 amide bonds. The van der Waals surface area contributed by atoms with Crippen LogP contribution in [-0.2, 0) is 9.59 Å². The minimum Gasteiger partial charge on any atom is -0.550 e. The number of amides is 2. The first kappa shape index (κ1) is 17.0. The van der Waals surface area contributed by atoms with E-state index in [1.807, 2.05) is 4.90 Å². The van der Waals surface area contributed by atoms with E-state index in [0.29, 0.717) is 11.3 Å². The summed E-state index contributed by atoms with van der Waals surface area (Å²) in [5.74, 6) is -1.38. The molecule has 6 heteroatoms. The molecule has 1 N–H and O–H groups in total. The Morgan fingerprint density at radius 3 is 2.26 bits per heavy atom. The van der Waals surface area contributed by atoms with Gasteiger partial charge in [-0.3, -0.25) is 9.59 Å². The Morgan fingerprint density at radius 2 is 1.65 bits per heavy atom. The van der Waals surface area contributed by atoms with E-state index in [-0.39, 0.29) is 31.1 Å². The summed E-state index contributed by atoms with van der Waals surface area (Å²) in [6, 6.07) is 6.78. The van der Waals surface area contributed by atoms with E-state index in [1.54, 1.807) is 24.3 Å². The molecule has 1 aliphatic rings. The van der Waals surface area contributed by atoms with Crippen LogP contribution >= 0.6 is 0 Å². The molecular formula is C17H21N2O4-. The van der Waals surface area contributed by atoms with Crippen molar-refractivity contribution in [2.24, 2.45) is 0 Å². The molecule has 0 aliphatic carbocycles. The Morgan fingerprint density at radius 1 is 1.00 bits per heavy atom. The average molecular weight is 317 g/mol. The molecule has 0 bridgehead atoms. The van der Waals surface area contributed by atoms with Crippen LogP contribution in [0.2, 0.25) is 0 Å². The van der Waals surface area contributed by atoms with Gasteiger partial charge in [-0.1, -0.05) is 0 Å². The third kappa shape index (κ3) is 5.39. The summed E-state index contributed by atoms with van der Waals surface area (Å²) in [5.41, 5.74) is 1.21. The van der Waals surface area contributed by atoms with E-state index < -0.39 is 5.97 Å². The maximum Gasteiger partial charge on any atom is 0.253 e. The molecule has 1 heterocycles. The maximum atomic E-state index is 12.3. The van der Waals surface area contributed by atoms with E-state index in [4.69, 9.17) is 0 Å². The van der Waals surface area contributed by atoms with Crippen molar-refractivity contribution in [1.82, 2.24) is 4.90 Å². The minimum absolute atomic E-state index is 0.0246. The highest BCUT2D eigenvalue weighted by Gasteiger charge is 2.17. The number of carbonyl (C=O) groups is 3. The van der Waals surface area contributed by atoms with Crippen LogP contribution in [0.1, 0.15) is 48.9 Å². The molecule has 124 valence electrons. The molecule has 1 fully saturated rings. The van der Waals surface area contributed by atoms with Gasteiger partial charge in [0.15, 0.2) is 0 Å². The molecule has 0 unspecified atom stereocenters. The van der Waals surface area contributed by atoms with Crippen molar-refractivity contribution in [2.45, 2.75) is 38.5 Å². The zero-order chi connectivity index (χ0) is 16.7. The van der Waals surface area contributed by atoms with Crippen LogP contribution in [0, 0.1) is 0 Å². The summed E-state index contributed by atoms with van der Waals surface area (Å²) in [7, 11) is 0. The maximum absolute atomic E-state index is 12.3. The van der Waals surface area contributed by atoms with Crippen molar-refractivity contribution >= 4 is 23.5 Å². The van der Waals surface area contributed by atoms with Gasteiger partial charge < -0.3 is 20.1 Å². The summed E-state index contributed by atoms with van der Waals surface area (Å²) in [6.07, 6.45) is 3.52. The van der Waals surface area contributed by atoms with Crippen LogP contribution < -0.4 is 10.4 Å². The number of carbonyl (C=O) groups excluding carboxylic acids is 3. The van der Waals surface area contributed by atoms with E-state index in [9.17, 15) is 19.5 Å². The second-order valence-corrected chi connectivity index (χ2v) is 5.70. The summed E-state index contributed by atoms with van der Waals surface area (Å²) >= 11 is 0. The zero-order valence-corrected chi connectivity index (χ0v) is 13.0. The van der Waals surface area contributed by atoms with Gasteiger partial charge in [0.05, 0.1) is 0 Å². The lowest BCUT2D eigenvalue weighted by Gasteiger charge is -2.26. The highest BCUT2D eigenvalue weighted by Crippen LogP contribution is 2.15. The second-order valence-electron chi connectivity index (χ2n) is 5.70. The number of rotatable bonds is 6. The third-order valence-electron chi connectivity index (χ3n) is 3.84. The summed E-state index contributed by atoms with van der Waals surface area (Å²) < 4.78 is 0. The first-order chi connectivity index (χ1) is 11.1. The lowest BCUT2D eigenvalue weighted by atomic mass is 10.1. The number of benzene rings is 1. The Balaban J connectivity index is 1.85. The number of carboxylic acid groups (broad SMARTS) is 1. The van der Waals surface area contributed by atoms with Gasteiger partial charge >= 0.3 is 0 Å². The smallest absolute Gasteiger partial charge is 0.253 e. The van der Waals surface area contributed by atoms with Gasteiger partial charge in [-0.05, 0) is 56.4 Å². The highest BCUT2D eigenvalue weighted by molar-refractivity contribution is 5.95. The van der Waals surface area contributed by atoms with Crippen molar-refractivity contribution in [3.63, 3.8) is 0 Å². The topological polar surface area (TPSA) is 89.5 Å². The normalized spacial score (nSPS) is 14.3. The van der Waals surface area contributed by atoms with E-state index in [0.717, 1.165) is 25.9 Å². The van der Waals surface area contributed by atoms with Crippen molar-refractivity contribution < 1.29 is 19.5 Å². The fourth-order valence-corrected chi connectivity index (χ4v) is 2.59. The largest absolute Gasteiger partial charge is 0.550 e. The molecule has 1 aromatic rings. The van der Waals surface area contributed by atoms with Gasteiger partial charge in [0.25, 0.3) is 5.91 Å². The summed E-state index contributed by atoms with van der Waals surface area (Å²) in [5, 5.41) is 13.0. The standard InChI is InChI=1S/C17H22N2O4/c20-15(5-4-6-16(21)22)18-14-9-7-13(8-10-14)17(23)19-11-2-1-3-12-19/h7-10H,1-6,11-12H2,(H,18,20)(H,21,22)/p-1. The van der Waals surface area contributed by atoms with Crippen molar-refractivity contribution in [2.75, 3.05) is 18.4 Å². The van der Waals surface area contributed by atoms with Gasteiger partial charge in [-0.25, -0.2) is 0 Å². The second kappa shape index (κ2) is 8.31. The first-order valence-corrected chi connectivity index (χ1v) is 7.95. The van der Waals surface area contributed by atoms with Crippen LogP contribution in [-0.4, -0.2) is 35.8 Å². The van der Waals surface area contributed by atoms with Gasteiger partial charge in [-0.2, -0.15) is 0 Å². The van der Waals surface area contributed by atoms with Gasteiger partial charge in [0, 0.05) is 36.7 Å². The minimum atomic E-state index is -1.15. The van der Waals surface area contributed by atoms with E-state index in [1.165, 1.54) is 6.42 Å². The molecule has 1 saturated heterocycles. The molecule has 0 saturated carbocycles. The van der Waals surface area contributed by atoms with Gasteiger partial charge in [-0.15, -0.1) is 0 Å². The van der Waals surface area contributed by atoms with E-state index in [2.05, 4.69) is 5.32 Å². The number of hydrogen-bond donors (Lipinski definition) is 1. The number of nitrogens with zero attached hydrogens (tertiary/aromatic N) is 1. The molecule has 0 radical (unpaired) electrons. The molecule has 0 aromatic heterocycles. The Bertz CT molecular complexity index is 562. The number of nitrogens with one attached hydrogen (secondary N) is 1. The van der Waals surface area contributed by atoms with Crippen molar-refractivity contribution in [3.05, 3.63) is 29.8 Å². The molecule has 6 nitrogen and oxygen atoms in total. The van der Waals surface area contributed by atoms with Crippen LogP contribution in [0.25, 0.3) is 0 Å². The molecule has 1 aromatic carbocycles. The third-order valence-corrected chi connectivity index (χ3v) is 3.84. The molecule has 23 heavy (non-hydrogen) atoms. The average Bonchev–Trinajstić information content (AvgIpc) is 2.55. The van der Waals surface area contributed by atoms with Crippen LogP contribution in [0.4, 0.5) is 5.69 Å². The fourth-order valence-electron chi connectivity index (χ4n) is 2.59. The molecular weight excluding hydrogens is 296 g/mol. The molecule has 2 rings (SSSR count). The summed E-state index contributed by atoms with van der Waals surface area (Å²) in [4.78, 5) is 36.1. The first-order valence-electron chi connectivity index (χ1n) is 7.95. The SMILES string of the molecule is O=C([O-])CCCC(=O)Nc1ccc(C(=O)N2CCCCC2)cc1. The highest BCUT2D eigenvalue weighted by atomic mass is 16.4. The number of piperidine rings is 1. The van der Waals surface area contributed by atoms with Crippen molar-refractivity contribution in [3.8, 4) is 0 Å². The van der Waals surface area contributed by atoms with Gasteiger partial charge in [0.2, 0.25) is 5.91 Å². The Hall–Kier alpha value is -2.37. The number of hydrogen-bond acceptors (Lipinski definition) is 4. The number of aliphatic carboxylic acids is 1. The number of anilines is 1. The molecule has 0 spiro atoms. The number of carboxylic acids is 1.